The van der Waals surface area contributed by atoms with E-state index < -0.39 is 49.0 Å². The second-order valence-corrected chi connectivity index (χ2v) is 7.69. The van der Waals surface area contributed by atoms with Gasteiger partial charge in [0, 0.05) is 0 Å². The quantitative estimate of drug-likeness (QED) is 0.443. The van der Waals surface area contributed by atoms with Gasteiger partial charge in [0.05, 0.1) is 18.3 Å². The molecule has 0 spiro atoms. The smallest absolute Gasteiger partial charge is 0.187 e. The number of ether oxygens (including phenoxy) is 2. The van der Waals surface area contributed by atoms with Crippen molar-refractivity contribution in [2.24, 2.45) is 5.41 Å². The highest BCUT2D eigenvalue weighted by Crippen LogP contribution is 2.47. The summed E-state index contributed by atoms with van der Waals surface area (Å²) < 4.78 is 11.2. The lowest BCUT2D eigenvalue weighted by Gasteiger charge is -2.50. The summed E-state index contributed by atoms with van der Waals surface area (Å²) in [6, 6.07) is 0. The van der Waals surface area contributed by atoms with Crippen LogP contribution in [0.1, 0.15) is 40.0 Å². The molecular weight excluding hydrogens is 316 g/mol. The van der Waals surface area contributed by atoms with Gasteiger partial charge in [-0.1, -0.05) is 19.1 Å². The van der Waals surface area contributed by atoms with Gasteiger partial charge in [0.1, 0.15) is 24.4 Å². The average molecular weight is 346 g/mol. The van der Waals surface area contributed by atoms with E-state index in [1.54, 1.807) is 6.92 Å². The van der Waals surface area contributed by atoms with Crippen LogP contribution in [0.2, 0.25) is 0 Å². The first-order valence-electron chi connectivity index (χ1n) is 8.36. The lowest BCUT2D eigenvalue weighted by Crippen LogP contribution is -2.62. The third kappa shape index (κ3) is 3.53. The van der Waals surface area contributed by atoms with Crippen LogP contribution in [0.15, 0.2) is 12.2 Å². The van der Waals surface area contributed by atoms with Gasteiger partial charge in [0.2, 0.25) is 0 Å². The maximum absolute atomic E-state index is 10.6. The number of hydrogen-bond acceptors (Lipinski definition) is 7. The summed E-state index contributed by atoms with van der Waals surface area (Å²) in [6.07, 6.45) is -5.73. The van der Waals surface area contributed by atoms with Crippen LogP contribution in [0.4, 0.5) is 0 Å². The molecule has 0 amide bonds. The van der Waals surface area contributed by atoms with Crippen molar-refractivity contribution >= 4 is 0 Å². The van der Waals surface area contributed by atoms with Crippen molar-refractivity contribution in [1.82, 2.24) is 0 Å². The van der Waals surface area contributed by atoms with Crippen LogP contribution in [0.3, 0.4) is 0 Å². The summed E-state index contributed by atoms with van der Waals surface area (Å²) in [6.45, 7) is 9.20. The van der Waals surface area contributed by atoms with E-state index in [9.17, 15) is 25.5 Å². The molecule has 0 aromatic heterocycles. The van der Waals surface area contributed by atoms with Gasteiger partial charge in [-0.3, -0.25) is 0 Å². The van der Waals surface area contributed by atoms with E-state index in [1.165, 1.54) is 0 Å². The molecule has 1 saturated heterocycles. The molecule has 0 unspecified atom stereocenters. The van der Waals surface area contributed by atoms with Crippen molar-refractivity contribution in [3.05, 3.63) is 12.2 Å². The highest BCUT2D eigenvalue weighted by molar-refractivity contribution is 5.11. The first-order valence-corrected chi connectivity index (χ1v) is 8.36. The lowest BCUT2D eigenvalue weighted by atomic mass is 9.65. The summed E-state index contributed by atoms with van der Waals surface area (Å²) in [5, 5.41) is 49.6. The Morgan fingerprint density at radius 1 is 1.12 bits per heavy atom. The van der Waals surface area contributed by atoms with Crippen molar-refractivity contribution in [2.45, 2.75) is 82.4 Å². The summed E-state index contributed by atoms with van der Waals surface area (Å²) in [5.74, 6) is 0. The zero-order valence-electron chi connectivity index (χ0n) is 14.6. The number of allylic oxidation sites excluding steroid dienone is 1. The topological polar surface area (TPSA) is 120 Å². The molecule has 2 fully saturated rings. The van der Waals surface area contributed by atoms with Crippen LogP contribution < -0.4 is 0 Å². The third-order valence-corrected chi connectivity index (χ3v) is 5.79. The van der Waals surface area contributed by atoms with E-state index in [4.69, 9.17) is 9.47 Å². The summed E-state index contributed by atoms with van der Waals surface area (Å²) in [4.78, 5) is 0. The van der Waals surface area contributed by atoms with Crippen molar-refractivity contribution in [3.63, 3.8) is 0 Å². The molecule has 0 radical (unpaired) electrons. The highest BCUT2D eigenvalue weighted by Gasteiger charge is 2.51. The normalized spacial score (nSPS) is 49.8. The Balaban J connectivity index is 2.10. The Bertz CT molecular complexity index is 468. The van der Waals surface area contributed by atoms with E-state index in [1.807, 2.05) is 13.8 Å². The molecule has 8 atom stereocenters. The van der Waals surface area contributed by atoms with Crippen LogP contribution in [-0.2, 0) is 9.47 Å². The van der Waals surface area contributed by atoms with Crippen LogP contribution in [0.25, 0.3) is 0 Å². The third-order valence-electron chi connectivity index (χ3n) is 5.79. The predicted octanol–water partition coefficient (Wildman–Crippen LogP) is -0.311. The van der Waals surface area contributed by atoms with E-state index in [2.05, 4.69) is 6.58 Å². The van der Waals surface area contributed by atoms with Crippen LogP contribution in [0, 0.1) is 5.41 Å². The first kappa shape index (κ1) is 19.8. The second-order valence-electron chi connectivity index (χ2n) is 7.69. The molecule has 1 aliphatic carbocycles. The Labute approximate surface area is 142 Å². The molecule has 5 N–H and O–H groups in total. The van der Waals surface area contributed by atoms with Gasteiger partial charge < -0.3 is 35.0 Å². The van der Waals surface area contributed by atoms with Crippen molar-refractivity contribution in [2.75, 3.05) is 6.61 Å². The van der Waals surface area contributed by atoms with E-state index in [0.717, 1.165) is 12.0 Å². The SMILES string of the molecule is C=C(C)[C@]1(C)CC[C@](C)(O[C@@H]2O[C@H](CO)[C@@H](O)[C@H](O)[C@H]2O)[C@@H](O)C1. The van der Waals surface area contributed by atoms with Crippen LogP contribution in [0.5, 0.6) is 0 Å². The predicted molar refractivity (Wildman–Crippen MR) is 86.0 cm³/mol. The molecule has 7 heteroatoms. The first-order chi connectivity index (χ1) is 11.0. The number of aliphatic hydroxyl groups excluding tert-OH is 5. The molecule has 140 valence electrons. The molecule has 7 nitrogen and oxygen atoms in total. The fraction of sp³-hybridized carbons (Fsp3) is 0.882. The van der Waals surface area contributed by atoms with Gasteiger partial charge in [0.15, 0.2) is 6.29 Å². The highest BCUT2D eigenvalue weighted by atomic mass is 16.7. The average Bonchev–Trinajstić information content (AvgIpc) is 2.52. The monoisotopic (exact) mass is 346 g/mol. The largest absolute Gasteiger partial charge is 0.394 e. The molecule has 0 bridgehead atoms. The molecule has 1 saturated carbocycles. The summed E-state index contributed by atoms with van der Waals surface area (Å²) in [5.41, 5.74) is -0.156. The minimum Gasteiger partial charge on any atom is -0.394 e. The maximum atomic E-state index is 10.6. The van der Waals surface area contributed by atoms with Crippen molar-refractivity contribution in [3.8, 4) is 0 Å². The Hall–Kier alpha value is -0.540. The fourth-order valence-corrected chi connectivity index (χ4v) is 3.39. The molecule has 1 heterocycles. The van der Waals surface area contributed by atoms with Gasteiger partial charge in [-0.05, 0) is 38.5 Å². The standard InChI is InChI=1S/C17H30O7/c1-9(2)16(3)5-6-17(4,11(19)7-16)24-15-14(22)13(21)12(20)10(8-18)23-15/h10-15,18-22H,1,5-8H2,2-4H3/t10-,11+,12-,13+,14-,15+,16-,17+/m1/s1. The zero-order chi connectivity index (χ0) is 18.3. The molecule has 2 aliphatic rings. The lowest BCUT2D eigenvalue weighted by molar-refractivity contribution is -0.338. The van der Waals surface area contributed by atoms with Crippen molar-refractivity contribution < 1.29 is 35.0 Å². The minimum atomic E-state index is -1.49. The Kier molecular flexibility index (Phi) is 5.76. The molecule has 0 aromatic carbocycles. The molecular formula is C17H30O7. The van der Waals surface area contributed by atoms with Crippen molar-refractivity contribution in [1.29, 1.82) is 0 Å². The van der Waals surface area contributed by atoms with Gasteiger partial charge in [-0.25, -0.2) is 0 Å². The van der Waals surface area contributed by atoms with Crippen LogP contribution >= 0.6 is 0 Å². The molecule has 1 aliphatic heterocycles. The number of hydrogen-bond donors (Lipinski definition) is 5. The summed E-state index contributed by atoms with van der Waals surface area (Å²) in [7, 11) is 0. The van der Waals surface area contributed by atoms with E-state index in [0.29, 0.717) is 12.8 Å². The van der Waals surface area contributed by atoms with Gasteiger partial charge in [-0.15, -0.1) is 0 Å². The second kappa shape index (κ2) is 6.99. The maximum Gasteiger partial charge on any atom is 0.187 e. The summed E-state index contributed by atoms with van der Waals surface area (Å²) >= 11 is 0. The van der Waals surface area contributed by atoms with E-state index in [-0.39, 0.29) is 5.41 Å². The minimum absolute atomic E-state index is 0.183. The van der Waals surface area contributed by atoms with Gasteiger partial charge in [0.25, 0.3) is 0 Å². The fourth-order valence-electron chi connectivity index (χ4n) is 3.39. The van der Waals surface area contributed by atoms with Gasteiger partial charge in [-0.2, -0.15) is 0 Å². The molecule has 2 rings (SSSR count). The van der Waals surface area contributed by atoms with Gasteiger partial charge >= 0.3 is 0 Å². The number of aliphatic hydroxyl groups is 5. The Morgan fingerprint density at radius 3 is 2.25 bits per heavy atom. The molecule has 24 heavy (non-hydrogen) atoms. The van der Waals surface area contributed by atoms with Crippen LogP contribution in [-0.4, -0.2) is 74.6 Å². The van der Waals surface area contributed by atoms with E-state index >= 15 is 0 Å². The molecule has 0 aromatic rings. The number of rotatable bonds is 4. The zero-order valence-corrected chi connectivity index (χ0v) is 14.6. The Morgan fingerprint density at radius 2 is 1.75 bits per heavy atom.